The van der Waals surface area contributed by atoms with Gasteiger partial charge in [-0.25, -0.2) is 19.9 Å². The number of hydrogen-bond acceptors (Lipinski definition) is 9. The maximum Gasteiger partial charge on any atom is 0.287 e. The third-order valence-corrected chi connectivity index (χ3v) is 6.02. The van der Waals surface area contributed by atoms with Crippen molar-refractivity contribution < 1.29 is 4.92 Å². The molecule has 0 aliphatic rings. The molecule has 1 aromatic carbocycles. The second-order valence-electron chi connectivity index (χ2n) is 8.37. The number of likely N-dealkylation sites (N-methyl/N-ethyl adjacent to an activating group) is 1. The Morgan fingerprint density at radius 3 is 2.57 bits per heavy atom. The van der Waals surface area contributed by atoms with E-state index in [9.17, 15) is 10.1 Å². The van der Waals surface area contributed by atoms with E-state index in [1.165, 1.54) is 12.3 Å². The van der Waals surface area contributed by atoms with Crippen molar-refractivity contribution in [2.24, 2.45) is 0 Å². The molecule has 4 rings (SSSR count). The van der Waals surface area contributed by atoms with Gasteiger partial charge in [0.15, 0.2) is 0 Å². The molecule has 3 heterocycles. The van der Waals surface area contributed by atoms with E-state index in [0.717, 1.165) is 17.8 Å². The summed E-state index contributed by atoms with van der Waals surface area (Å²) < 4.78 is 1.83. The molecular weight excluding hydrogens is 517 g/mol. The topological polar surface area (TPSA) is 118 Å². The van der Waals surface area contributed by atoms with Crippen molar-refractivity contribution in [3.05, 3.63) is 81.6 Å². The van der Waals surface area contributed by atoms with Crippen molar-refractivity contribution in [3.63, 3.8) is 0 Å². The predicted octanol–water partition coefficient (Wildman–Crippen LogP) is 4.42. The Balaban J connectivity index is 1.62. The monoisotopic (exact) mass is 541 g/mol. The van der Waals surface area contributed by atoms with Gasteiger partial charge >= 0.3 is 0 Å². The lowest BCUT2D eigenvalue weighted by atomic mass is 10.1. The summed E-state index contributed by atoms with van der Waals surface area (Å²) >= 11 is 12.7. The number of pyridine rings is 1. The molecule has 0 saturated heterocycles. The van der Waals surface area contributed by atoms with Gasteiger partial charge in [-0.3, -0.25) is 10.1 Å². The summed E-state index contributed by atoms with van der Waals surface area (Å²) in [5.74, 6) is 1.08. The number of imidazole rings is 1. The molecule has 0 amide bonds. The number of nitro groups is 1. The number of anilines is 2. The zero-order valence-corrected chi connectivity index (χ0v) is 21.8. The fourth-order valence-corrected chi connectivity index (χ4v) is 4.04. The summed E-state index contributed by atoms with van der Waals surface area (Å²) in [6, 6.07) is 8.29. The highest BCUT2D eigenvalue weighted by Crippen LogP contribution is 2.33. The Morgan fingerprint density at radius 1 is 1.08 bits per heavy atom. The largest absolute Gasteiger partial charge is 0.368 e. The molecule has 13 heteroatoms. The Hall–Kier alpha value is -3.80. The van der Waals surface area contributed by atoms with Crippen LogP contribution in [0.3, 0.4) is 0 Å². The van der Waals surface area contributed by atoms with Gasteiger partial charge in [-0.2, -0.15) is 0 Å². The molecule has 0 fully saturated rings. The van der Waals surface area contributed by atoms with Crippen LogP contribution in [0.4, 0.5) is 17.5 Å². The molecule has 0 saturated carbocycles. The van der Waals surface area contributed by atoms with Crippen LogP contribution in [0.15, 0.2) is 61.4 Å². The van der Waals surface area contributed by atoms with E-state index in [4.69, 9.17) is 28.2 Å². The molecule has 37 heavy (non-hydrogen) atoms. The summed E-state index contributed by atoms with van der Waals surface area (Å²) in [6.45, 7) is 2.52. The van der Waals surface area contributed by atoms with Crippen LogP contribution in [0.5, 0.6) is 0 Å². The van der Waals surface area contributed by atoms with E-state index in [1.54, 1.807) is 36.9 Å². The predicted molar refractivity (Wildman–Crippen MR) is 145 cm³/mol. The molecule has 4 aromatic rings. The van der Waals surface area contributed by atoms with Crippen molar-refractivity contribution in [1.29, 1.82) is 0 Å². The standard InChI is InChI=1S/C24H25Cl2N9O2/c1-32(2)11-12-33(10-8-28-22-6-4-18(14-29-22)35(36)37)24-30-15-21(34-9-7-27-16-34)23(31-24)19-5-3-17(25)13-20(19)26/h3-7,9,13-16H,8,10-12H2,1-2H3,(H,28,29). The van der Waals surface area contributed by atoms with Crippen molar-refractivity contribution in [2.75, 3.05) is 50.5 Å². The van der Waals surface area contributed by atoms with Crippen molar-refractivity contribution in [2.45, 2.75) is 0 Å². The molecule has 0 bridgehead atoms. The summed E-state index contributed by atoms with van der Waals surface area (Å²) in [7, 11) is 4.00. The van der Waals surface area contributed by atoms with Gasteiger partial charge in [0.05, 0.1) is 28.2 Å². The second-order valence-corrected chi connectivity index (χ2v) is 9.22. The van der Waals surface area contributed by atoms with Crippen LogP contribution in [0.25, 0.3) is 16.9 Å². The van der Waals surface area contributed by atoms with Gasteiger partial charge in [0.1, 0.15) is 17.7 Å². The molecule has 0 radical (unpaired) electrons. The number of nitrogens with one attached hydrogen (secondary N) is 1. The summed E-state index contributed by atoms with van der Waals surface area (Å²) in [5.41, 5.74) is 2.04. The zero-order chi connectivity index (χ0) is 26.4. The third-order valence-electron chi connectivity index (χ3n) is 5.47. The van der Waals surface area contributed by atoms with Crippen LogP contribution < -0.4 is 10.2 Å². The number of benzene rings is 1. The Morgan fingerprint density at radius 2 is 1.92 bits per heavy atom. The highest BCUT2D eigenvalue weighted by Gasteiger charge is 2.18. The van der Waals surface area contributed by atoms with Crippen molar-refractivity contribution in [1.82, 2.24) is 29.4 Å². The minimum atomic E-state index is -0.477. The smallest absolute Gasteiger partial charge is 0.287 e. The third kappa shape index (κ3) is 6.70. The van der Waals surface area contributed by atoms with Crippen LogP contribution in [0, 0.1) is 10.1 Å². The van der Waals surface area contributed by atoms with Crippen LogP contribution in [-0.2, 0) is 0 Å². The molecule has 0 spiro atoms. The Kier molecular flexibility index (Phi) is 8.49. The molecule has 0 atom stereocenters. The maximum atomic E-state index is 10.9. The van der Waals surface area contributed by atoms with Crippen molar-refractivity contribution >= 4 is 40.7 Å². The van der Waals surface area contributed by atoms with Crippen LogP contribution in [0.2, 0.25) is 10.0 Å². The number of nitrogens with zero attached hydrogens (tertiary/aromatic N) is 8. The summed E-state index contributed by atoms with van der Waals surface area (Å²) in [5, 5.41) is 15.1. The lowest BCUT2D eigenvalue weighted by molar-refractivity contribution is -0.385. The lowest BCUT2D eigenvalue weighted by Crippen LogP contribution is -2.36. The van der Waals surface area contributed by atoms with E-state index in [1.807, 2.05) is 30.9 Å². The van der Waals surface area contributed by atoms with Gasteiger partial charge in [-0.1, -0.05) is 23.2 Å². The first-order chi connectivity index (χ1) is 17.8. The molecule has 0 aliphatic carbocycles. The minimum Gasteiger partial charge on any atom is -0.368 e. The van der Waals surface area contributed by atoms with Crippen LogP contribution in [0.1, 0.15) is 0 Å². The second kappa shape index (κ2) is 12.0. The molecule has 3 aromatic heterocycles. The van der Waals surface area contributed by atoms with Gasteiger partial charge in [0.2, 0.25) is 5.95 Å². The van der Waals surface area contributed by atoms with Crippen LogP contribution in [-0.4, -0.2) is 74.6 Å². The number of hydrogen-bond donors (Lipinski definition) is 1. The Labute approximate surface area is 223 Å². The van der Waals surface area contributed by atoms with E-state index in [2.05, 4.69) is 30.1 Å². The van der Waals surface area contributed by atoms with Gasteiger partial charge in [-0.05, 0) is 38.4 Å². The summed E-state index contributed by atoms with van der Waals surface area (Å²) in [6.07, 6.45) is 8.15. The van der Waals surface area contributed by atoms with E-state index in [-0.39, 0.29) is 5.69 Å². The van der Waals surface area contributed by atoms with Gasteiger partial charge in [0.25, 0.3) is 5.69 Å². The van der Waals surface area contributed by atoms with E-state index < -0.39 is 4.92 Å². The highest BCUT2D eigenvalue weighted by molar-refractivity contribution is 6.36. The molecule has 11 nitrogen and oxygen atoms in total. The maximum absolute atomic E-state index is 10.9. The first-order valence-corrected chi connectivity index (χ1v) is 12.1. The SMILES string of the molecule is CN(C)CCN(CCNc1ccc([N+](=O)[O-])cn1)c1ncc(-n2ccnc2)c(-c2ccc(Cl)cc2Cl)n1. The molecule has 0 aliphatic heterocycles. The molecular formula is C24H25Cl2N9O2. The highest BCUT2D eigenvalue weighted by atomic mass is 35.5. The van der Waals surface area contributed by atoms with E-state index in [0.29, 0.717) is 47.1 Å². The zero-order valence-electron chi connectivity index (χ0n) is 20.3. The van der Waals surface area contributed by atoms with Crippen molar-refractivity contribution in [3.8, 4) is 16.9 Å². The van der Waals surface area contributed by atoms with Crippen LogP contribution >= 0.6 is 23.2 Å². The van der Waals surface area contributed by atoms with Gasteiger partial charge < -0.3 is 19.7 Å². The molecule has 0 unspecified atom stereocenters. The molecule has 192 valence electrons. The summed E-state index contributed by atoms with van der Waals surface area (Å²) in [4.78, 5) is 32.4. The fourth-order valence-electron chi connectivity index (χ4n) is 3.54. The first kappa shape index (κ1) is 26.3. The normalized spacial score (nSPS) is 11.1. The fraction of sp³-hybridized carbons (Fsp3) is 0.250. The lowest BCUT2D eigenvalue weighted by Gasteiger charge is -2.25. The number of halogens is 2. The van der Waals surface area contributed by atoms with Gasteiger partial charge in [-0.15, -0.1) is 0 Å². The quantitative estimate of drug-likeness (QED) is 0.217. The number of aromatic nitrogens is 5. The Bertz CT molecular complexity index is 1350. The number of rotatable bonds is 11. The van der Waals surface area contributed by atoms with Gasteiger partial charge in [0, 0.05) is 55.2 Å². The molecule has 1 N–H and O–H groups in total. The first-order valence-electron chi connectivity index (χ1n) is 11.4. The minimum absolute atomic E-state index is 0.0575. The average Bonchev–Trinajstić information content (AvgIpc) is 3.41. The van der Waals surface area contributed by atoms with E-state index >= 15 is 0 Å². The average molecular weight is 542 g/mol.